The van der Waals surface area contributed by atoms with Crippen molar-refractivity contribution in [3.8, 4) is 0 Å². The van der Waals surface area contributed by atoms with Crippen molar-refractivity contribution in [2.24, 2.45) is 5.92 Å². The van der Waals surface area contributed by atoms with Gasteiger partial charge in [0.2, 0.25) is 0 Å². The molecule has 1 aliphatic heterocycles. The average Bonchev–Trinajstić information content (AvgIpc) is 2.53. The molecular formula is C20H29NO2. The fraction of sp³-hybridized carbons (Fsp3) is 0.650. The Morgan fingerprint density at radius 3 is 2.52 bits per heavy atom. The highest BCUT2D eigenvalue weighted by Crippen LogP contribution is 2.41. The maximum Gasteiger partial charge on any atom is 0.410 e. The van der Waals surface area contributed by atoms with Gasteiger partial charge in [-0.15, -0.1) is 0 Å². The first kappa shape index (κ1) is 16.4. The fourth-order valence-corrected chi connectivity index (χ4v) is 4.18. The van der Waals surface area contributed by atoms with Crippen LogP contribution in [0.3, 0.4) is 0 Å². The summed E-state index contributed by atoms with van der Waals surface area (Å²) in [5.74, 6) is 1.05. The third kappa shape index (κ3) is 3.88. The van der Waals surface area contributed by atoms with Crippen molar-refractivity contribution in [1.82, 2.24) is 4.90 Å². The number of ether oxygens (including phenoxy) is 1. The fourth-order valence-electron chi connectivity index (χ4n) is 4.18. The predicted octanol–water partition coefficient (Wildman–Crippen LogP) is 4.97. The maximum atomic E-state index is 12.7. The Hall–Kier alpha value is -1.51. The largest absolute Gasteiger partial charge is 0.444 e. The molecule has 0 aromatic heterocycles. The highest BCUT2D eigenvalue weighted by atomic mass is 16.6. The van der Waals surface area contributed by atoms with E-state index < -0.39 is 5.60 Å². The number of benzene rings is 1. The molecule has 1 heterocycles. The van der Waals surface area contributed by atoms with Crippen LogP contribution in [0.1, 0.15) is 64.4 Å². The Bertz CT molecular complexity index is 534. The van der Waals surface area contributed by atoms with E-state index in [2.05, 4.69) is 30.3 Å². The van der Waals surface area contributed by atoms with Crippen LogP contribution in [0.2, 0.25) is 0 Å². The molecular weight excluding hydrogens is 286 g/mol. The summed E-state index contributed by atoms with van der Waals surface area (Å²) in [5.41, 5.74) is 0.922. The molecule has 23 heavy (non-hydrogen) atoms. The molecule has 3 heteroatoms. The van der Waals surface area contributed by atoms with Gasteiger partial charge in [-0.25, -0.2) is 4.79 Å². The molecule has 126 valence electrons. The summed E-state index contributed by atoms with van der Waals surface area (Å²) in [4.78, 5) is 14.8. The topological polar surface area (TPSA) is 29.5 Å². The normalized spacial score (nSPS) is 28.1. The second-order valence-corrected chi connectivity index (χ2v) is 8.09. The number of fused-ring (bicyclic) bond motifs is 1. The van der Waals surface area contributed by atoms with Crippen LogP contribution in [-0.2, 0) is 4.74 Å². The predicted molar refractivity (Wildman–Crippen MR) is 92.5 cm³/mol. The van der Waals surface area contributed by atoms with Crippen LogP contribution in [0.15, 0.2) is 30.3 Å². The molecule has 1 aromatic carbocycles. The van der Waals surface area contributed by atoms with Gasteiger partial charge in [0.25, 0.3) is 0 Å². The molecule has 1 aliphatic carbocycles. The van der Waals surface area contributed by atoms with E-state index in [0.29, 0.717) is 17.9 Å². The Morgan fingerprint density at radius 2 is 1.83 bits per heavy atom. The van der Waals surface area contributed by atoms with Crippen LogP contribution in [0.5, 0.6) is 0 Å². The number of hydrogen-bond acceptors (Lipinski definition) is 2. The number of nitrogens with zero attached hydrogens (tertiary/aromatic N) is 1. The lowest BCUT2D eigenvalue weighted by Crippen LogP contribution is -2.53. The Kier molecular flexibility index (Phi) is 4.65. The molecule has 3 rings (SSSR count). The molecule has 0 unspecified atom stereocenters. The first-order valence-corrected chi connectivity index (χ1v) is 8.98. The van der Waals surface area contributed by atoms with Crippen LogP contribution in [0.4, 0.5) is 4.79 Å². The zero-order valence-corrected chi connectivity index (χ0v) is 14.6. The zero-order chi connectivity index (χ0) is 16.4. The summed E-state index contributed by atoms with van der Waals surface area (Å²) in [6, 6.07) is 11.0. The molecule has 1 aromatic rings. The summed E-state index contributed by atoms with van der Waals surface area (Å²) in [5, 5.41) is 0. The minimum Gasteiger partial charge on any atom is -0.444 e. The molecule has 2 aliphatic rings. The van der Waals surface area contributed by atoms with Gasteiger partial charge in [0.15, 0.2) is 0 Å². The van der Waals surface area contributed by atoms with E-state index in [4.69, 9.17) is 4.74 Å². The van der Waals surface area contributed by atoms with Gasteiger partial charge < -0.3 is 9.64 Å². The molecule has 3 atom stereocenters. The van der Waals surface area contributed by atoms with Gasteiger partial charge in [-0.2, -0.15) is 0 Å². The first-order chi connectivity index (χ1) is 10.9. The molecule has 0 N–H and O–H groups in total. The molecule has 2 fully saturated rings. The quantitative estimate of drug-likeness (QED) is 0.732. The van der Waals surface area contributed by atoms with E-state index in [1.54, 1.807) is 0 Å². The average molecular weight is 315 g/mol. The molecule has 3 nitrogen and oxygen atoms in total. The number of hydrogen-bond donors (Lipinski definition) is 0. The van der Waals surface area contributed by atoms with E-state index in [1.165, 1.54) is 31.2 Å². The maximum absolute atomic E-state index is 12.7. The van der Waals surface area contributed by atoms with Crippen LogP contribution in [-0.4, -0.2) is 29.2 Å². The van der Waals surface area contributed by atoms with Crippen molar-refractivity contribution in [3.05, 3.63) is 35.9 Å². The minimum absolute atomic E-state index is 0.130. The zero-order valence-electron chi connectivity index (χ0n) is 14.6. The van der Waals surface area contributed by atoms with Gasteiger partial charge in [-0.3, -0.25) is 0 Å². The minimum atomic E-state index is -0.430. The van der Waals surface area contributed by atoms with Crippen LogP contribution in [0.25, 0.3) is 0 Å². The van der Waals surface area contributed by atoms with E-state index >= 15 is 0 Å². The van der Waals surface area contributed by atoms with E-state index in [0.717, 1.165) is 13.0 Å². The van der Waals surface area contributed by atoms with Gasteiger partial charge in [0.05, 0.1) is 0 Å². The number of carbonyl (C=O) groups is 1. The Labute approximate surface area is 140 Å². The van der Waals surface area contributed by atoms with Crippen molar-refractivity contribution in [3.63, 3.8) is 0 Å². The second kappa shape index (κ2) is 6.54. The highest BCUT2D eigenvalue weighted by Gasteiger charge is 2.41. The summed E-state index contributed by atoms with van der Waals surface area (Å²) in [6.45, 7) is 6.63. The van der Waals surface area contributed by atoms with Gasteiger partial charge in [0.1, 0.15) is 5.60 Å². The van der Waals surface area contributed by atoms with Crippen LogP contribution >= 0.6 is 0 Å². The Balaban J connectivity index is 1.81. The summed E-state index contributed by atoms with van der Waals surface area (Å²) in [7, 11) is 0. The number of likely N-dealkylation sites (tertiary alicyclic amines) is 1. The van der Waals surface area contributed by atoms with Crippen molar-refractivity contribution < 1.29 is 9.53 Å². The lowest BCUT2D eigenvalue weighted by molar-refractivity contribution is -0.0114. The standard InChI is InChI=1S/C20H29NO2/c1-20(2,3)23-19(22)21-14-17(15-9-5-4-6-10-15)13-16-11-7-8-12-18(16)21/h4-6,9-10,16-18H,7-8,11-14H2,1-3H3/t16-,17+,18+/m1/s1. The van der Waals surface area contributed by atoms with Crippen LogP contribution in [0, 0.1) is 5.92 Å². The molecule has 0 radical (unpaired) electrons. The van der Waals surface area contributed by atoms with Crippen molar-refractivity contribution in [1.29, 1.82) is 0 Å². The van der Waals surface area contributed by atoms with Crippen molar-refractivity contribution >= 4 is 6.09 Å². The van der Waals surface area contributed by atoms with E-state index in [-0.39, 0.29) is 6.09 Å². The number of amides is 1. The third-order valence-electron chi connectivity index (χ3n) is 5.17. The Morgan fingerprint density at radius 1 is 1.13 bits per heavy atom. The van der Waals surface area contributed by atoms with Gasteiger partial charge in [-0.1, -0.05) is 43.2 Å². The van der Waals surface area contributed by atoms with Crippen molar-refractivity contribution in [2.75, 3.05) is 6.54 Å². The lowest BCUT2D eigenvalue weighted by Gasteiger charge is -2.47. The van der Waals surface area contributed by atoms with Gasteiger partial charge in [-0.05, 0) is 51.5 Å². The SMILES string of the molecule is CC(C)(C)OC(=O)N1C[C@@H](c2ccccc2)C[C@H]2CCCC[C@@H]21. The number of rotatable bonds is 1. The lowest BCUT2D eigenvalue weighted by atomic mass is 9.73. The molecule has 0 spiro atoms. The first-order valence-electron chi connectivity index (χ1n) is 8.98. The molecule has 1 saturated heterocycles. The van der Waals surface area contributed by atoms with Crippen molar-refractivity contribution in [2.45, 2.75) is 70.4 Å². The number of piperidine rings is 1. The monoisotopic (exact) mass is 315 g/mol. The summed E-state index contributed by atoms with van der Waals surface area (Å²) >= 11 is 0. The molecule has 1 saturated carbocycles. The van der Waals surface area contributed by atoms with E-state index in [9.17, 15) is 4.79 Å². The smallest absolute Gasteiger partial charge is 0.410 e. The highest BCUT2D eigenvalue weighted by molar-refractivity contribution is 5.69. The third-order valence-corrected chi connectivity index (χ3v) is 5.17. The number of carbonyl (C=O) groups excluding carboxylic acids is 1. The summed E-state index contributed by atoms with van der Waals surface area (Å²) < 4.78 is 5.70. The van der Waals surface area contributed by atoms with Crippen LogP contribution < -0.4 is 0 Å². The second-order valence-electron chi connectivity index (χ2n) is 8.09. The summed E-state index contributed by atoms with van der Waals surface area (Å²) in [6.07, 6.45) is 5.98. The van der Waals surface area contributed by atoms with Gasteiger partial charge in [0, 0.05) is 18.5 Å². The van der Waals surface area contributed by atoms with Gasteiger partial charge >= 0.3 is 6.09 Å². The molecule has 1 amide bonds. The van der Waals surface area contributed by atoms with E-state index in [1.807, 2.05) is 25.7 Å². The molecule has 0 bridgehead atoms.